The molecule has 0 aromatic heterocycles. The van der Waals surface area contributed by atoms with Gasteiger partial charge < -0.3 is 4.74 Å². The minimum atomic E-state index is -0.241. The summed E-state index contributed by atoms with van der Waals surface area (Å²) in [5.41, 5.74) is 1.87. The molecular formula is C25H26O3. The SMILES string of the molecule is CCOC(=O)C(CCCC(=O)c1ccccc1)Cc1cccc2ccccc12. The molecule has 0 aliphatic rings. The summed E-state index contributed by atoms with van der Waals surface area (Å²) >= 11 is 0. The van der Waals surface area contributed by atoms with Crippen LogP contribution in [0.25, 0.3) is 10.8 Å². The van der Waals surface area contributed by atoms with Gasteiger partial charge in [-0.3, -0.25) is 9.59 Å². The van der Waals surface area contributed by atoms with E-state index in [2.05, 4.69) is 24.3 Å². The molecule has 0 aliphatic heterocycles. The van der Waals surface area contributed by atoms with Gasteiger partial charge in [0, 0.05) is 12.0 Å². The Morgan fingerprint density at radius 2 is 1.61 bits per heavy atom. The van der Waals surface area contributed by atoms with Crippen LogP contribution in [0.2, 0.25) is 0 Å². The first-order chi connectivity index (χ1) is 13.7. The first-order valence-electron chi connectivity index (χ1n) is 9.90. The van der Waals surface area contributed by atoms with Crippen LogP contribution in [0.15, 0.2) is 72.8 Å². The van der Waals surface area contributed by atoms with Crippen molar-refractivity contribution in [3.8, 4) is 0 Å². The summed E-state index contributed by atoms with van der Waals surface area (Å²) in [6.07, 6.45) is 2.37. The van der Waals surface area contributed by atoms with Gasteiger partial charge in [0.25, 0.3) is 0 Å². The Balaban J connectivity index is 1.69. The third kappa shape index (κ3) is 5.07. The van der Waals surface area contributed by atoms with E-state index in [0.29, 0.717) is 32.3 Å². The lowest BCUT2D eigenvalue weighted by molar-refractivity contribution is -0.148. The van der Waals surface area contributed by atoms with Crippen molar-refractivity contribution in [3.63, 3.8) is 0 Å². The average molecular weight is 374 g/mol. The van der Waals surface area contributed by atoms with Crippen LogP contribution in [0.4, 0.5) is 0 Å². The van der Waals surface area contributed by atoms with Crippen LogP contribution in [0.3, 0.4) is 0 Å². The molecule has 28 heavy (non-hydrogen) atoms. The van der Waals surface area contributed by atoms with Crippen LogP contribution in [0.5, 0.6) is 0 Å². The molecule has 0 N–H and O–H groups in total. The molecule has 0 radical (unpaired) electrons. The van der Waals surface area contributed by atoms with E-state index < -0.39 is 0 Å². The number of benzene rings is 3. The zero-order chi connectivity index (χ0) is 19.8. The predicted molar refractivity (Wildman–Crippen MR) is 112 cm³/mol. The molecule has 0 fully saturated rings. The number of Topliss-reactive ketones (excluding diaryl/α,β-unsaturated/α-hetero) is 1. The van der Waals surface area contributed by atoms with Gasteiger partial charge in [0.15, 0.2) is 5.78 Å². The van der Waals surface area contributed by atoms with Crippen molar-refractivity contribution in [1.82, 2.24) is 0 Å². The van der Waals surface area contributed by atoms with Crippen molar-refractivity contribution in [2.75, 3.05) is 6.61 Å². The molecule has 3 rings (SSSR count). The van der Waals surface area contributed by atoms with Crippen LogP contribution in [-0.2, 0) is 16.0 Å². The number of hydrogen-bond acceptors (Lipinski definition) is 3. The molecule has 1 unspecified atom stereocenters. The maximum absolute atomic E-state index is 12.5. The molecule has 3 nitrogen and oxygen atoms in total. The van der Waals surface area contributed by atoms with Crippen LogP contribution >= 0.6 is 0 Å². The Hall–Kier alpha value is -2.94. The van der Waals surface area contributed by atoms with Gasteiger partial charge in [0.05, 0.1) is 12.5 Å². The second-order valence-corrected chi connectivity index (χ2v) is 6.97. The Labute approximate surface area is 166 Å². The highest BCUT2D eigenvalue weighted by Gasteiger charge is 2.21. The second-order valence-electron chi connectivity index (χ2n) is 6.97. The summed E-state index contributed by atoms with van der Waals surface area (Å²) in [4.78, 5) is 24.9. The molecule has 0 saturated carbocycles. The highest BCUT2D eigenvalue weighted by atomic mass is 16.5. The summed E-state index contributed by atoms with van der Waals surface area (Å²) in [7, 11) is 0. The summed E-state index contributed by atoms with van der Waals surface area (Å²) < 4.78 is 5.31. The average Bonchev–Trinajstić information content (AvgIpc) is 2.74. The summed E-state index contributed by atoms with van der Waals surface area (Å²) in [6.45, 7) is 2.19. The van der Waals surface area contributed by atoms with Gasteiger partial charge in [-0.1, -0.05) is 72.8 Å². The van der Waals surface area contributed by atoms with Gasteiger partial charge in [-0.05, 0) is 42.5 Å². The van der Waals surface area contributed by atoms with Gasteiger partial charge in [-0.25, -0.2) is 0 Å². The number of esters is 1. The molecule has 0 heterocycles. The molecule has 1 atom stereocenters. The van der Waals surface area contributed by atoms with Crippen molar-refractivity contribution in [2.24, 2.45) is 5.92 Å². The zero-order valence-electron chi connectivity index (χ0n) is 16.3. The van der Waals surface area contributed by atoms with E-state index in [0.717, 1.165) is 11.1 Å². The predicted octanol–water partition coefficient (Wildman–Crippen LogP) is 5.61. The summed E-state index contributed by atoms with van der Waals surface area (Å²) in [5, 5.41) is 2.33. The largest absolute Gasteiger partial charge is 0.466 e. The number of fused-ring (bicyclic) bond motifs is 1. The van der Waals surface area contributed by atoms with Gasteiger partial charge in [-0.2, -0.15) is 0 Å². The number of ketones is 1. The van der Waals surface area contributed by atoms with Gasteiger partial charge in [-0.15, -0.1) is 0 Å². The van der Waals surface area contributed by atoms with Crippen molar-refractivity contribution in [2.45, 2.75) is 32.6 Å². The Morgan fingerprint density at radius 3 is 2.39 bits per heavy atom. The third-order valence-corrected chi connectivity index (χ3v) is 5.02. The topological polar surface area (TPSA) is 43.4 Å². The molecule has 0 saturated heterocycles. The maximum Gasteiger partial charge on any atom is 0.309 e. The van der Waals surface area contributed by atoms with E-state index in [1.807, 2.05) is 55.5 Å². The van der Waals surface area contributed by atoms with E-state index in [9.17, 15) is 9.59 Å². The minimum Gasteiger partial charge on any atom is -0.466 e. The highest BCUT2D eigenvalue weighted by molar-refractivity contribution is 5.96. The third-order valence-electron chi connectivity index (χ3n) is 5.02. The first kappa shape index (κ1) is 19.8. The van der Waals surface area contributed by atoms with Crippen molar-refractivity contribution in [1.29, 1.82) is 0 Å². The lowest BCUT2D eigenvalue weighted by Crippen LogP contribution is -2.20. The van der Waals surface area contributed by atoms with Crippen LogP contribution in [-0.4, -0.2) is 18.4 Å². The fourth-order valence-electron chi connectivity index (χ4n) is 3.58. The zero-order valence-corrected chi connectivity index (χ0v) is 16.3. The number of ether oxygens (including phenoxy) is 1. The van der Waals surface area contributed by atoms with Crippen molar-refractivity contribution < 1.29 is 14.3 Å². The van der Waals surface area contributed by atoms with Gasteiger partial charge >= 0.3 is 5.97 Å². The van der Waals surface area contributed by atoms with Gasteiger partial charge in [0.2, 0.25) is 0 Å². The number of hydrogen-bond donors (Lipinski definition) is 0. The molecule has 0 amide bonds. The minimum absolute atomic E-state index is 0.119. The molecule has 3 aromatic rings. The second kappa shape index (κ2) is 9.84. The number of rotatable bonds is 9. The van der Waals surface area contributed by atoms with Crippen LogP contribution in [0, 0.1) is 5.92 Å². The van der Waals surface area contributed by atoms with Crippen molar-refractivity contribution in [3.05, 3.63) is 83.9 Å². The molecule has 0 bridgehead atoms. The van der Waals surface area contributed by atoms with E-state index in [1.165, 1.54) is 10.8 Å². The van der Waals surface area contributed by atoms with Crippen LogP contribution < -0.4 is 0 Å². The Morgan fingerprint density at radius 1 is 0.893 bits per heavy atom. The van der Waals surface area contributed by atoms with E-state index in [-0.39, 0.29) is 17.7 Å². The fourth-order valence-corrected chi connectivity index (χ4v) is 3.58. The molecular weight excluding hydrogens is 348 g/mol. The molecule has 144 valence electrons. The Bertz CT molecular complexity index is 925. The van der Waals surface area contributed by atoms with E-state index in [1.54, 1.807) is 0 Å². The quantitative estimate of drug-likeness (QED) is 0.361. The number of carbonyl (C=O) groups excluding carboxylic acids is 2. The lowest BCUT2D eigenvalue weighted by atomic mass is 9.90. The van der Waals surface area contributed by atoms with Crippen molar-refractivity contribution >= 4 is 22.5 Å². The normalized spacial score (nSPS) is 11.9. The smallest absolute Gasteiger partial charge is 0.309 e. The maximum atomic E-state index is 12.5. The fraction of sp³-hybridized carbons (Fsp3) is 0.280. The summed E-state index contributed by atoms with van der Waals surface area (Å²) in [6, 6.07) is 23.7. The van der Waals surface area contributed by atoms with Crippen LogP contribution in [0.1, 0.15) is 42.1 Å². The molecule has 3 heteroatoms. The molecule has 3 aromatic carbocycles. The van der Waals surface area contributed by atoms with E-state index >= 15 is 0 Å². The molecule has 0 spiro atoms. The molecule has 0 aliphatic carbocycles. The van der Waals surface area contributed by atoms with Gasteiger partial charge in [0.1, 0.15) is 0 Å². The first-order valence-corrected chi connectivity index (χ1v) is 9.90. The summed E-state index contributed by atoms with van der Waals surface area (Å²) in [5.74, 6) is -0.301. The standard InChI is InChI=1S/C25H26O3/c1-2-28-25(27)22(15-9-17-24(26)20-11-4-3-5-12-20)18-21-14-8-13-19-10-6-7-16-23(19)21/h3-8,10-14,16,22H,2,9,15,17-18H2,1H3. The monoisotopic (exact) mass is 374 g/mol. The highest BCUT2D eigenvalue weighted by Crippen LogP contribution is 2.24. The van der Waals surface area contributed by atoms with E-state index in [4.69, 9.17) is 4.74 Å². The lowest BCUT2D eigenvalue weighted by Gasteiger charge is -2.17. The Kier molecular flexibility index (Phi) is 6.96. The number of carbonyl (C=O) groups is 2.